The Balaban J connectivity index is 1.36. The van der Waals surface area contributed by atoms with Gasteiger partial charge in [0.15, 0.2) is 6.10 Å². The zero-order valence-electron chi connectivity index (χ0n) is 31.6. The van der Waals surface area contributed by atoms with Crippen LogP contribution in [0.2, 0.25) is 0 Å². The summed E-state index contributed by atoms with van der Waals surface area (Å²) in [6.07, 6.45) is 6.88. The van der Waals surface area contributed by atoms with Crippen molar-refractivity contribution in [3.63, 3.8) is 0 Å². The second kappa shape index (κ2) is 19.1. The molecule has 0 unspecified atom stereocenters. The number of carbonyl (C=O) groups excluding carboxylic acids is 4. The van der Waals surface area contributed by atoms with E-state index < -0.39 is 36.0 Å². The minimum atomic E-state index is -1.12. The van der Waals surface area contributed by atoms with Crippen molar-refractivity contribution in [2.75, 3.05) is 46.0 Å². The first-order valence-electron chi connectivity index (χ1n) is 18.9. The number of esters is 1. The highest BCUT2D eigenvalue weighted by Crippen LogP contribution is 2.23. The molecule has 288 valence electrons. The number of rotatable bonds is 8. The minimum Gasteiger partial charge on any atom is -0.452 e. The van der Waals surface area contributed by atoms with Gasteiger partial charge in [0.2, 0.25) is 5.91 Å². The second-order valence-electron chi connectivity index (χ2n) is 14.6. The maximum Gasteiger partial charge on any atom is 0.310 e. The van der Waals surface area contributed by atoms with Crippen LogP contribution in [-0.2, 0) is 33.5 Å². The summed E-state index contributed by atoms with van der Waals surface area (Å²) in [5.41, 5.74) is 5.46. The molecular weight excluding hydrogens is 678 g/mol. The summed E-state index contributed by atoms with van der Waals surface area (Å²) in [6.45, 7) is 13.8. The van der Waals surface area contributed by atoms with Gasteiger partial charge in [0.1, 0.15) is 18.7 Å². The van der Waals surface area contributed by atoms with E-state index in [0.717, 1.165) is 60.6 Å². The van der Waals surface area contributed by atoms with Gasteiger partial charge in [-0.3, -0.25) is 34.1 Å². The number of amides is 3. The van der Waals surface area contributed by atoms with Crippen LogP contribution in [-0.4, -0.2) is 108 Å². The molecule has 1 aromatic carbocycles. The molecule has 14 heteroatoms. The first kappa shape index (κ1) is 39.8. The van der Waals surface area contributed by atoms with Gasteiger partial charge in [0, 0.05) is 37.8 Å². The highest BCUT2D eigenvalue weighted by atomic mass is 16.6. The number of ether oxygens (including phenoxy) is 2. The number of morpholine rings is 1. The zero-order valence-corrected chi connectivity index (χ0v) is 31.6. The fraction of sp³-hybridized carbons (Fsp3) is 0.590. The van der Waals surface area contributed by atoms with Crippen molar-refractivity contribution in [1.82, 2.24) is 31.0 Å². The number of carbonyl (C=O) groups is 4. The van der Waals surface area contributed by atoms with E-state index in [0.29, 0.717) is 45.3 Å². The van der Waals surface area contributed by atoms with E-state index in [4.69, 9.17) is 14.3 Å². The number of nitrogens with one attached hydrogen (secondary N) is 3. The Morgan fingerprint density at radius 2 is 1.79 bits per heavy atom. The summed E-state index contributed by atoms with van der Waals surface area (Å²) in [5, 5.41) is 13.4. The molecule has 0 radical (unpaired) electrons. The van der Waals surface area contributed by atoms with Crippen LogP contribution in [0, 0.1) is 11.8 Å². The summed E-state index contributed by atoms with van der Waals surface area (Å²) in [5.74, 6) is -2.61. The molecule has 4 heterocycles. The maximum atomic E-state index is 13.8. The van der Waals surface area contributed by atoms with Crippen molar-refractivity contribution < 1.29 is 33.5 Å². The molecule has 3 aliphatic heterocycles. The molecule has 1 aromatic heterocycles. The number of hydrogen-bond acceptors (Lipinski definition) is 11. The molecule has 14 nitrogen and oxygen atoms in total. The Bertz CT molecular complexity index is 1660. The van der Waals surface area contributed by atoms with Gasteiger partial charge in [-0.05, 0) is 88.0 Å². The Morgan fingerprint density at radius 1 is 1.02 bits per heavy atom. The average molecular weight is 734 g/mol. The molecular formula is C39H55N7O7. The van der Waals surface area contributed by atoms with Gasteiger partial charge in [-0.15, -0.1) is 0 Å². The molecule has 5 rings (SSSR count). The molecule has 2 saturated heterocycles. The van der Waals surface area contributed by atoms with E-state index in [1.807, 2.05) is 50.3 Å². The Hall–Kier alpha value is -4.40. The number of allylic oxidation sites excluding steroid dienone is 1. The van der Waals surface area contributed by atoms with Crippen molar-refractivity contribution in [2.45, 2.75) is 91.0 Å². The number of oxime groups is 1. The lowest BCUT2D eigenvalue weighted by Gasteiger charge is -2.35. The standard InChI is InChI=1S/C39H55N7O7/c1-25(2)35-37(48)42-28(5)38(49)46-15-7-10-34(43-46)36(47)41-27(4)30-13-14-31-24-40-33(23-32(31)22-30)9-6-8-29(39(50)53-35)12-11-26(3)44-52-21-18-45-16-19-51-20-17-45/h6,9,13-14,22-25,27-29,34-35,43H,7-8,10-12,15-21H2,1-5H3,(H,41,47)(H,42,48)/t27-,28+,29+,34+,35+/m1/s1. The van der Waals surface area contributed by atoms with Gasteiger partial charge < -0.3 is 24.9 Å². The normalized spacial score (nSPS) is 25.9. The summed E-state index contributed by atoms with van der Waals surface area (Å²) >= 11 is 0. The molecule has 3 N–H and O–H groups in total. The van der Waals surface area contributed by atoms with Crippen LogP contribution in [0.15, 0.2) is 41.7 Å². The summed E-state index contributed by atoms with van der Waals surface area (Å²) in [7, 11) is 0. The quantitative estimate of drug-likeness (QED) is 0.158. The minimum absolute atomic E-state index is 0.216. The lowest BCUT2D eigenvalue weighted by Crippen LogP contribution is -2.61. The number of cyclic esters (lactones) is 1. The third-order valence-electron chi connectivity index (χ3n) is 9.95. The van der Waals surface area contributed by atoms with Crippen LogP contribution >= 0.6 is 0 Å². The van der Waals surface area contributed by atoms with Crippen LogP contribution in [0.3, 0.4) is 0 Å². The molecule has 3 aliphatic rings. The summed E-state index contributed by atoms with van der Waals surface area (Å²) in [4.78, 5) is 66.6. The Kier molecular flexibility index (Phi) is 14.3. The number of nitrogens with zero attached hydrogens (tertiary/aromatic N) is 4. The van der Waals surface area contributed by atoms with Gasteiger partial charge in [-0.2, -0.15) is 0 Å². The lowest BCUT2D eigenvalue weighted by molar-refractivity contribution is -0.163. The van der Waals surface area contributed by atoms with Gasteiger partial charge >= 0.3 is 5.97 Å². The number of pyridine rings is 1. The molecule has 5 bridgehead atoms. The Morgan fingerprint density at radius 3 is 2.57 bits per heavy atom. The van der Waals surface area contributed by atoms with E-state index in [2.05, 4.69) is 31.1 Å². The molecule has 0 aliphatic carbocycles. The molecule has 5 atom stereocenters. The number of hydrogen-bond donors (Lipinski definition) is 3. The predicted octanol–water partition coefficient (Wildman–Crippen LogP) is 3.52. The van der Waals surface area contributed by atoms with Crippen molar-refractivity contribution in [3.05, 3.63) is 47.8 Å². The van der Waals surface area contributed by atoms with Crippen molar-refractivity contribution in [2.24, 2.45) is 17.0 Å². The van der Waals surface area contributed by atoms with Gasteiger partial charge in [-0.1, -0.05) is 37.2 Å². The van der Waals surface area contributed by atoms with Gasteiger partial charge in [0.25, 0.3) is 11.8 Å². The number of fused-ring (bicyclic) bond motifs is 4. The van der Waals surface area contributed by atoms with E-state index in [-0.39, 0.29) is 23.8 Å². The third kappa shape index (κ3) is 11.3. The van der Waals surface area contributed by atoms with E-state index >= 15 is 0 Å². The average Bonchev–Trinajstić information content (AvgIpc) is 3.15. The largest absolute Gasteiger partial charge is 0.452 e. The van der Waals surface area contributed by atoms with Crippen LogP contribution in [0.1, 0.15) is 84.0 Å². The zero-order chi connectivity index (χ0) is 37.9. The number of benzene rings is 1. The molecule has 0 spiro atoms. The van der Waals surface area contributed by atoms with Crippen LogP contribution < -0.4 is 16.1 Å². The van der Waals surface area contributed by atoms with Gasteiger partial charge in [0.05, 0.1) is 36.6 Å². The first-order chi connectivity index (χ1) is 25.5. The van der Waals surface area contributed by atoms with Crippen LogP contribution in [0.5, 0.6) is 0 Å². The van der Waals surface area contributed by atoms with Crippen molar-refractivity contribution in [3.8, 4) is 0 Å². The second-order valence-corrected chi connectivity index (χ2v) is 14.6. The molecule has 2 aromatic rings. The smallest absolute Gasteiger partial charge is 0.310 e. The van der Waals surface area contributed by atoms with Crippen LogP contribution in [0.25, 0.3) is 16.8 Å². The molecule has 2 fully saturated rings. The van der Waals surface area contributed by atoms with Gasteiger partial charge in [-0.25, -0.2) is 5.43 Å². The van der Waals surface area contributed by atoms with Crippen molar-refractivity contribution in [1.29, 1.82) is 0 Å². The monoisotopic (exact) mass is 733 g/mol. The third-order valence-corrected chi connectivity index (χ3v) is 9.95. The highest BCUT2D eigenvalue weighted by molar-refractivity contribution is 5.91. The first-order valence-corrected chi connectivity index (χ1v) is 18.9. The topological polar surface area (TPSA) is 164 Å². The molecule has 0 saturated carbocycles. The number of hydrazine groups is 1. The highest BCUT2D eigenvalue weighted by Gasteiger charge is 2.35. The van der Waals surface area contributed by atoms with E-state index in [9.17, 15) is 19.2 Å². The summed E-state index contributed by atoms with van der Waals surface area (Å²) in [6, 6.07) is 6.13. The lowest BCUT2D eigenvalue weighted by atomic mass is 9.97. The summed E-state index contributed by atoms with van der Waals surface area (Å²) < 4.78 is 11.3. The molecule has 3 amide bonds. The van der Waals surface area contributed by atoms with E-state index in [1.165, 1.54) is 5.01 Å². The fourth-order valence-electron chi connectivity index (χ4n) is 6.64. The Labute approximate surface area is 312 Å². The van der Waals surface area contributed by atoms with Crippen LogP contribution in [0.4, 0.5) is 0 Å². The fourth-order valence-corrected chi connectivity index (χ4v) is 6.64. The van der Waals surface area contributed by atoms with Crippen molar-refractivity contribution >= 4 is 46.3 Å². The predicted molar refractivity (Wildman–Crippen MR) is 201 cm³/mol. The number of aromatic nitrogens is 1. The maximum absolute atomic E-state index is 13.8. The SMILES string of the molecule is CC(CC[C@@H]1CC=Cc2cc3cc(ccc3cn2)[C@@H](C)NC(=O)[C@@H]2CCCN(N2)C(=O)[C@H](C)NC(=O)[C@H](C(C)C)OC1=O)=NOCCN1CCOCC1. The van der Waals surface area contributed by atoms with E-state index in [1.54, 1.807) is 27.0 Å². The molecule has 53 heavy (non-hydrogen) atoms.